The molecule has 2 N–H and O–H groups in total. The molecule has 2 aromatic rings. The Labute approximate surface area is 114 Å². The molecule has 2 aromatic heterocycles. The van der Waals surface area contributed by atoms with Crippen LogP contribution >= 0.6 is 0 Å². The zero-order chi connectivity index (χ0) is 14.5. The van der Waals surface area contributed by atoms with Crippen LogP contribution in [0.5, 0.6) is 0 Å². The van der Waals surface area contributed by atoms with Crippen LogP contribution in [0.3, 0.4) is 0 Å². The molecular formula is C12H13N5O3. The Hall–Kier alpha value is -2.77. The van der Waals surface area contributed by atoms with Crippen molar-refractivity contribution < 1.29 is 14.7 Å². The minimum absolute atomic E-state index is 0.138. The van der Waals surface area contributed by atoms with E-state index in [1.54, 1.807) is 24.5 Å². The molecule has 0 aliphatic carbocycles. The fraction of sp³-hybridized carbons (Fsp3) is 0.250. The first kappa shape index (κ1) is 13.7. The van der Waals surface area contributed by atoms with Gasteiger partial charge in [-0.05, 0) is 12.1 Å². The molecule has 0 radical (unpaired) electrons. The van der Waals surface area contributed by atoms with Gasteiger partial charge in [0.05, 0.1) is 6.54 Å². The molecule has 0 bridgehead atoms. The molecule has 0 aliphatic rings. The average Bonchev–Trinajstić information content (AvgIpc) is 2.83. The topological polar surface area (TPSA) is 110 Å². The number of rotatable bonds is 5. The first-order chi connectivity index (χ1) is 9.59. The molecule has 0 aromatic carbocycles. The lowest BCUT2D eigenvalue weighted by molar-refractivity contribution is -0.119. The number of aromatic nitrogens is 4. The van der Waals surface area contributed by atoms with E-state index in [1.807, 2.05) is 0 Å². The van der Waals surface area contributed by atoms with E-state index in [9.17, 15) is 9.59 Å². The number of hydrogen-bond acceptors (Lipinski definition) is 5. The van der Waals surface area contributed by atoms with Gasteiger partial charge in [0.15, 0.2) is 5.69 Å². The smallest absolute Gasteiger partial charge is 0.358 e. The Morgan fingerprint density at radius 3 is 2.85 bits per heavy atom. The zero-order valence-corrected chi connectivity index (χ0v) is 10.8. The summed E-state index contributed by atoms with van der Waals surface area (Å²) in [6, 6.07) is 3.43. The molecule has 0 fully saturated rings. The van der Waals surface area contributed by atoms with Crippen LogP contribution in [0.2, 0.25) is 0 Å². The van der Waals surface area contributed by atoms with Crippen LogP contribution in [0.15, 0.2) is 24.5 Å². The highest BCUT2D eigenvalue weighted by Gasteiger charge is 2.20. The maximum atomic E-state index is 11.2. The summed E-state index contributed by atoms with van der Waals surface area (Å²) < 4.78 is 1.44. The van der Waals surface area contributed by atoms with Crippen molar-refractivity contribution in [2.45, 2.75) is 13.5 Å². The summed E-state index contributed by atoms with van der Waals surface area (Å²) in [6.45, 7) is 2.07. The predicted octanol–water partition coefficient (Wildman–Crippen LogP) is 0.174. The molecule has 0 saturated carbocycles. The molecule has 8 heteroatoms. The second-order valence-electron chi connectivity index (χ2n) is 4.04. The quantitative estimate of drug-likeness (QED) is 0.805. The van der Waals surface area contributed by atoms with Gasteiger partial charge in [-0.1, -0.05) is 5.21 Å². The van der Waals surface area contributed by atoms with Gasteiger partial charge in [-0.2, -0.15) is 0 Å². The van der Waals surface area contributed by atoms with Crippen LogP contribution in [-0.4, -0.2) is 43.5 Å². The van der Waals surface area contributed by atoms with Crippen molar-refractivity contribution >= 4 is 11.9 Å². The van der Waals surface area contributed by atoms with E-state index in [0.29, 0.717) is 24.3 Å². The van der Waals surface area contributed by atoms with Crippen LogP contribution in [-0.2, 0) is 11.3 Å². The van der Waals surface area contributed by atoms with Crippen molar-refractivity contribution in [2.75, 3.05) is 6.54 Å². The van der Waals surface area contributed by atoms with Gasteiger partial charge >= 0.3 is 5.97 Å². The molecule has 0 saturated heterocycles. The molecule has 0 aliphatic heterocycles. The second kappa shape index (κ2) is 5.91. The Morgan fingerprint density at radius 1 is 1.45 bits per heavy atom. The van der Waals surface area contributed by atoms with Gasteiger partial charge in [-0.25, -0.2) is 9.48 Å². The average molecular weight is 275 g/mol. The fourth-order valence-electron chi connectivity index (χ4n) is 1.74. The molecule has 0 unspecified atom stereocenters. The van der Waals surface area contributed by atoms with Crippen molar-refractivity contribution in [1.29, 1.82) is 0 Å². The summed E-state index contributed by atoms with van der Waals surface area (Å²) in [5.74, 6) is -1.32. The molecule has 1 amide bonds. The van der Waals surface area contributed by atoms with Gasteiger partial charge in [0, 0.05) is 31.4 Å². The summed E-state index contributed by atoms with van der Waals surface area (Å²) in [7, 11) is 0. The number of carbonyl (C=O) groups is 2. The van der Waals surface area contributed by atoms with Crippen LogP contribution < -0.4 is 5.32 Å². The molecule has 0 spiro atoms. The Morgan fingerprint density at radius 2 is 2.25 bits per heavy atom. The minimum Gasteiger partial charge on any atom is -0.476 e. The number of carboxylic acid groups (broad SMARTS) is 1. The number of nitrogens with one attached hydrogen (secondary N) is 1. The lowest BCUT2D eigenvalue weighted by atomic mass is 10.1. The van der Waals surface area contributed by atoms with Crippen LogP contribution in [0.25, 0.3) is 11.3 Å². The van der Waals surface area contributed by atoms with E-state index in [-0.39, 0.29) is 11.6 Å². The lowest BCUT2D eigenvalue weighted by Crippen LogP contribution is -2.25. The van der Waals surface area contributed by atoms with Gasteiger partial charge in [-0.15, -0.1) is 5.10 Å². The standard InChI is InChI=1S/C12H13N5O3/c1-8(18)14-5-6-17-11(9-3-2-4-13-7-9)10(12(19)20)15-16-17/h2-4,7H,5-6H2,1H3,(H,14,18)(H,19,20). The highest BCUT2D eigenvalue weighted by molar-refractivity contribution is 5.92. The number of aromatic carboxylic acids is 1. The minimum atomic E-state index is -1.16. The fourth-order valence-corrected chi connectivity index (χ4v) is 1.74. The summed E-state index contributed by atoms with van der Waals surface area (Å²) in [4.78, 5) is 26.0. The lowest BCUT2D eigenvalue weighted by Gasteiger charge is -2.07. The normalized spacial score (nSPS) is 10.2. The molecule has 2 rings (SSSR count). The van der Waals surface area contributed by atoms with Gasteiger partial charge < -0.3 is 10.4 Å². The summed E-state index contributed by atoms with van der Waals surface area (Å²) >= 11 is 0. The van der Waals surface area contributed by atoms with Crippen molar-refractivity contribution in [3.63, 3.8) is 0 Å². The third-order valence-corrected chi connectivity index (χ3v) is 2.57. The van der Waals surface area contributed by atoms with E-state index in [2.05, 4.69) is 20.6 Å². The molecular weight excluding hydrogens is 262 g/mol. The second-order valence-corrected chi connectivity index (χ2v) is 4.04. The maximum Gasteiger partial charge on any atom is 0.358 e. The monoisotopic (exact) mass is 275 g/mol. The van der Waals surface area contributed by atoms with Crippen molar-refractivity contribution in [1.82, 2.24) is 25.3 Å². The van der Waals surface area contributed by atoms with E-state index in [0.717, 1.165) is 0 Å². The largest absolute Gasteiger partial charge is 0.476 e. The summed E-state index contributed by atoms with van der Waals surface area (Å²) in [5, 5.41) is 19.2. The SMILES string of the molecule is CC(=O)NCCn1nnc(C(=O)O)c1-c1cccnc1. The van der Waals surface area contributed by atoms with Crippen molar-refractivity contribution in [3.8, 4) is 11.3 Å². The number of amides is 1. The van der Waals surface area contributed by atoms with E-state index in [4.69, 9.17) is 5.11 Å². The molecule has 0 atom stereocenters. The summed E-state index contributed by atoms with van der Waals surface area (Å²) in [6.07, 6.45) is 3.13. The number of pyridine rings is 1. The Balaban J connectivity index is 2.33. The third kappa shape index (κ3) is 2.97. The van der Waals surface area contributed by atoms with Crippen LogP contribution in [0.4, 0.5) is 0 Å². The van der Waals surface area contributed by atoms with E-state index >= 15 is 0 Å². The predicted molar refractivity (Wildman–Crippen MR) is 68.9 cm³/mol. The van der Waals surface area contributed by atoms with Gasteiger partial charge in [0.25, 0.3) is 0 Å². The molecule has 8 nitrogen and oxygen atoms in total. The highest BCUT2D eigenvalue weighted by Crippen LogP contribution is 2.21. The molecule has 20 heavy (non-hydrogen) atoms. The number of hydrogen-bond donors (Lipinski definition) is 2. The Bertz CT molecular complexity index is 623. The number of nitrogens with zero attached hydrogens (tertiary/aromatic N) is 4. The van der Waals surface area contributed by atoms with Gasteiger partial charge in [-0.3, -0.25) is 9.78 Å². The maximum absolute atomic E-state index is 11.2. The van der Waals surface area contributed by atoms with Crippen molar-refractivity contribution in [2.24, 2.45) is 0 Å². The Kier molecular flexibility index (Phi) is 4.04. The van der Waals surface area contributed by atoms with Crippen LogP contribution in [0, 0.1) is 0 Å². The third-order valence-electron chi connectivity index (χ3n) is 2.57. The number of carboxylic acids is 1. The first-order valence-corrected chi connectivity index (χ1v) is 5.91. The van der Waals surface area contributed by atoms with Gasteiger partial charge in [0.2, 0.25) is 5.91 Å². The number of carbonyl (C=O) groups excluding carboxylic acids is 1. The van der Waals surface area contributed by atoms with E-state index in [1.165, 1.54) is 11.6 Å². The van der Waals surface area contributed by atoms with Gasteiger partial charge in [0.1, 0.15) is 5.69 Å². The van der Waals surface area contributed by atoms with E-state index < -0.39 is 5.97 Å². The zero-order valence-electron chi connectivity index (χ0n) is 10.8. The highest BCUT2D eigenvalue weighted by atomic mass is 16.4. The molecule has 2 heterocycles. The molecule has 104 valence electrons. The summed E-state index contributed by atoms with van der Waals surface area (Å²) in [5.41, 5.74) is 0.842. The van der Waals surface area contributed by atoms with Crippen molar-refractivity contribution in [3.05, 3.63) is 30.2 Å². The first-order valence-electron chi connectivity index (χ1n) is 5.91. The van der Waals surface area contributed by atoms with Crippen LogP contribution in [0.1, 0.15) is 17.4 Å².